The van der Waals surface area contributed by atoms with Gasteiger partial charge in [0.05, 0.1) is 17.1 Å². The van der Waals surface area contributed by atoms with Crippen LogP contribution in [-0.2, 0) is 6.54 Å². The molecule has 3 heterocycles. The van der Waals surface area contributed by atoms with E-state index in [9.17, 15) is 9.90 Å². The lowest BCUT2D eigenvalue weighted by Gasteiger charge is -2.14. The van der Waals surface area contributed by atoms with Crippen molar-refractivity contribution in [3.63, 3.8) is 0 Å². The number of aryl methyl sites for hydroxylation is 4. The quantitative estimate of drug-likeness (QED) is 0.496. The Bertz CT molecular complexity index is 1250. The van der Waals surface area contributed by atoms with Crippen LogP contribution in [0, 0.1) is 27.7 Å². The summed E-state index contributed by atoms with van der Waals surface area (Å²) in [4.78, 5) is 20.4. The zero-order valence-corrected chi connectivity index (χ0v) is 17.5. The molecular formula is C24H24N4O2. The van der Waals surface area contributed by atoms with Crippen LogP contribution >= 0.6 is 0 Å². The van der Waals surface area contributed by atoms with E-state index in [0.717, 1.165) is 28.3 Å². The van der Waals surface area contributed by atoms with Crippen molar-refractivity contribution in [1.29, 1.82) is 0 Å². The molecular weight excluding hydrogens is 376 g/mol. The lowest BCUT2D eigenvalue weighted by molar-refractivity contribution is 0.0690. The molecule has 0 aliphatic carbocycles. The van der Waals surface area contributed by atoms with Gasteiger partial charge < -0.3 is 14.8 Å². The van der Waals surface area contributed by atoms with Crippen LogP contribution in [0.5, 0.6) is 0 Å². The van der Waals surface area contributed by atoms with Gasteiger partial charge in [-0.25, -0.2) is 14.8 Å². The number of benzene rings is 1. The summed E-state index contributed by atoms with van der Waals surface area (Å²) < 4.78 is 2.03. The predicted molar refractivity (Wildman–Crippen MR) is 118 cm³/mol. The second kappa shape index (κ2) is 7.63. The van der Waals surface area contributed by atoms with Gasteiger partial charge in [0.25, 0.3) is 0 Å². The average molecular weight is 400 g/mol. The zero-order valence-electron chi connectivity index (χ0n) is 17.5. The molecule has 152 valence electrons. The lowest BCUT2D eigenvalue weighted by atomic mass is 10.0. The van der Waals surface area contributed by atoms with Gasteiger partial charge in [-0.05, 0) is 62.6 Å². The first-order valence-electron chi connectivity index (χ1n) is 9.84. The normalized spacial score (nSPS) is 11.1. The predicted octanol–water partition coefficient (Wildman–Crippen LogP) is 4.94. The number of nitrogens with one attached hydrogen (secondary N) is 1. The zero-order chi connectivity index (χ0) is 21.4. The molecule has 0 saturated heterocycles. The minimum atomic E-state index is -1.04. The molecule has 6 heteroatoms. The van der Waals surface area contributed by atoms with Gasteiger partial charge in [-0.15, -0.1) is 0 Å². The van der Waals surface area contributed by atoms with Crippen molar-refractivity contribution in [2.75, 3.05) is 5.32 Å². The molecule has 0 bridgehead atoms. The Morgan fingerprint density at radius 1 is 1.03 bits per heavy atom. The van der Waals surface area contributed by atoms with Gasteiger partial charge in [0.15, 0.2) is 5.65 Å². The number of nitrogens with zero attached hydrogens (tertiary/aromatic N) is 3. The number of rotatable bonds is 5. The number of aromatic nitrogens is 3. The van der Waals surface area contributed by atoms with E-state index in [-0.39, 0.29) is 5.69 Å². The first-order valence-corrected chi connectivity index (χ1v) is 9.84. The van der Waals surface area contributed by atoms with E-state index in [4.69, 9.17) is 4.98 Å². The number of aromatic carboxylic acids is 1. The molecule has 0 radical (unpaired) electrons. The van der Waals surface area contributed by atoms with E-state index >= 15 is 0 Å². The van der Waals surface area contributed by atoms with Crippen molar-refractivity contribution in [3.05, 3.63) is 82.4 Å². The van der Waals surface area contributed by atoms with Crippen molar-refractivity contribution in [2.45, 2.75) is 34.2 Å². The van der Waals surface area contributed by atoms with Gasteiger partial charge in [0, 0.05) is 24.0 Å². The molecule has 0 unspecified atom stereocenters. The largest absolute Gasteiger partial charge is 0.477 e. The number of anilines is 1. The highest BCUT2D eigenvalue weighted by molar-refractivity contribution is 5.86. The number of carboxylic acid groups (broad SMARTS) is 1. The smallest absolute Gasteiger partial charge is 0.354 e. The molecule has 0 saturated carbocycles. The van der Waals surface area contributed by atoms with Gasteiger partial charge in [-0.3, -0.25) is 0 Å². The molecule has 3 aromatic heterocycles. The Morgan fingerprint density at radius 2 is 1.73 bits per heavy atom. The fourth-order valence-electron chi connectivity index (χ4n) is 3.67. The topological polar surface area (TPSA) is 79.5 Å². The van der Waals surface area contributed by atoms with E-state index < -0.39 is 5.97 Å². The summed E-state index contributed by atoms with van der Waals surface area (Å²) in [6.45, 7) is 8.91. The minimum absolute atomic E-state index is 0.0242. The molecule has 2 N–H and O–H groups in total. The standard InChI is InChI=1S/C24H24N4O2/c1-14-7-5-8-15(2)19(14)12-25-22-11-18(13-28-17(4)16(3)26-23(22)28)20-9-6-10-21(27-20)24(29)30/h5-11,13,25H,12H2,1-4H3,(H,29,30). The summed E-state index contributed by atoms with van der Waals surface area (Å²) >= 11 is 0. The third-order valence-corrected chi connectivity index (χ3v) is 5.56. The van der Waals surface area contributed by atoms with Crippen molar-refractivity contribution in [2.24, 2.45) is 0 Å². The molecule has 6 nitrogen and oxygen atoms in total. The van der Waals surface area contributed by atoms with E-state index in [1.165, 1.54) is 22.8 Å². The average Bonchev–Trinajstić information content (AvgIpc) is 3.02. The van der Waals surface area contributed by atoms with Crippen LogP contribution in [0.4, 0.5) is 5.69 Å². The summed E-state index contributed by atoms with van der Waals surface area (Å²) in [5, 5.41) is 12.8. The van der Waals surface area contributed by atoms with Gasteiger partial charge in [-0.2, -0.15) is 0 Å². The third kappa shape index (κ3) is 3.52. The number of hydrogen-bond donors (Lipinski definition) is 2. The summed E-state index contributed by atoms with van der Waals surface area (Å²) in [5.41, 5.74) is 8.91. The number of carbonyl (C=O) groups is 1. The molecule has 0 spiro atoms. The maximum atomic E-state index is 11.4. The molecule has 0 atom stereocenters. The summed E-state index contributed by atoms with van der Waals surface area (Å²) in [7, 11) is 0. The number of carboxylic acids is 1. The number of pyridine rings is 2. The minimum Gasteiger partial charge on any atom is -0.477 e. The number of imidazole rings is 1. The SMILES string of the molecule is Cc1cccc(C)c1CNc1cc(-c2cccc(C(=O)O)n2)cn2c(C)c(C)nc12. The molecule has 0 aliphatic heterocycles. The van der Waals surface area contributed by atoms with Crippen LogP contribution in [0.25, 0.3) is 16.9 Å². The molecule has 4 aromatic rings. The lowest BCUT2D eigenvalue weighted by Crippen LogP contribution is -2.06. The van der Waals surface area contributed by atoms with E-state index in [1.807, 2.05) is 36.6 Å². The molecule has 0 fully saturated rings. The van der Waals surface area contributed by atoms with Crippen molar-refractivity contribution < 1.29 is 9.90 Å². The Labute approximate surface area is 175 Å². The van der Waals surface area contributed by atoms with Crippen molar-refractivity contribution >= 4 is 17.3 Å². The van der Waals surface area contributed by atoms with Crippen molar-refractivity contribution in [1.82, 2.24) is 14.4 Å². The van der Waals surface area contributed by atoms with E-state index in [2.05, 4.69) is 42.3 Å². The number of hydrogen-bond acceptors (Lipinski definition) is 4. The van der Waals surface area contributed by atoms with Crippen LogP contribution < -0.4 is 5.32 Å². The Hall–Kier alpha value is -3.67. The first kappa shape index (κ1) is 19.6. The summed E-state index contributed by atoms with van der Waals surface area (Å²) in [6, 6.07) is 13.3. The van der Waals surface area contributed by atoms with Gasteiger partial charge in [0.2, 0.25) is 0 Å². The van der Waals surface area contributed by atoms with Crippen LogP contribution in [0.3, 0.4) is 0 Å². The fourth-order valence-corrected chi connectivity index (χ4v) is 3.67. The van der Waals surface area contributed by atoms with E-state index in [1.54, 1.807) is 6.07 Å². The second-order valence-corrected chi connectivity index (χ2v) is 7.56. The Morgan fingerprint density at radius 3 is 2.43 bits per heavy atom. The van der Waals surface area contributed by atoms with Crippen molar-refractivity contribution in [3.8, 4) is 11.3 Å². The first-order chi connectivity index (χ1) is 14.3. The maximum Gasteiger partial charge on any atom is 0.354 e. The molecule has 0 aliphatic rings. The van der Waals surface area contributed by atoms with Crippen LogP contribution in [0.15, 0.2) is 48.7 Å². The van der Waals surface area contributed by atoms with Crippen LogP contribution in [0.1, 0.15) is 38.6 Å². The van der Waals surface area contributed by atoms with Crippen LogP contribution in [0.2, 0.25) is 0 Å². The van der Waals surface area contributed by atoms with Crippen LogP contribution in [-0.4, -0.2) is 25.4 Å². The van der Waals surface area contributed by atoms with E-state index in [0.29, 0.717) is 12.2 Å². The Balaban J connectivity index is 1.81. The molecule has 0 amide bonds. The summed E-state index contributed by atoms with van der Waals surface area (Å²) in [6.07, 6.45) is 1.96. The monoisotopic (exact) mass is 400 g/mol. The Kier molecular flexibility index (Phi) is 4.99. The van der Waals surface area contributed by atoms with Gasteiger partial charge in [-0.1, -0.05) is 24.3 Å². The van der Waals surface area contributed by atoms with Gasteiger partial charge >= 0.3 is 5.97 Å². The highest BCUT2D eigenvalue weighted by Crippen LogP contribution is 2.28. The highest BCUT2D eigenvalue weighted by atomic mass is 16.4. The highest BCUT2D eigenvalue weighted by Gasteiger charge is 2.14. The number of fused-ring (bicyclic) bond motifs is 1. The molecule has 4 rings (SSSR count). The third-order valence-electron chi connectivity index (χ3n) is 5.56. The maximum absolute atomic E-state index is 11.4. The second-order valence-electron chi connectivity index (χ2n) is 7.56. The van der Waals surface area contributed by atoms with Gasteiger partial charge in [0.1, 0.15) is 5.69 Å². The molecule has 1 aromatic carbocycles. The molecule has 30 heavy (non-hydrogen) atoms. The fraction of sp³-hybridized carbons (Fsp3) is 0.208. The summed E-state index contributed by atoms with van der Waals surface area (Å²) in [5.74, 6) is -1.04.